The lowest BCUT2D eigenvalue weighted by Gasteiger charge is -2.27. The Balaban J connectivity index is 2.02. The third-order valence-corrected chi connectivity index (χ3v) is 3.77. The van der Waals surface area contributed by atoms with Gasteiger partial charge in [0.2, 0.25) is 11.8 Å². The lowest BCUT2D eigenvalue weighted by Crippen LogP contribution is -2.35. The first-order chi connectivity index (χ1) is 10.6. The Morgan fingerprint density at radius 1 is 1.45 bits per heavy atom. The van der Waals surface area contributed by atoms with Crippen LogP contribution in [0.2, 0.25) is 0 Å². The second-order valence-electron chi connectivity index (χ2n) is 5.40. The van der Waals surface area contributed by atoms with E-state index in [1.807, 2.05) is 18.2 Å². The Labute approximate surface area is 130 Å². The van der Waals surface area contributed by atoms with Crippen LogP contribution in [0.25, 0.3) is 0 Å². The fourth-order valence-electron chi connectivity index (χ4n) is 2.51. The Hall–Kier alpha value is -1.92. The van der Waals surface area contributed by atoms with Crippen LogP contribution in [0.15, 0.2) is 24.3 Å². The van der Waals surface area contributed by atoms with Gasteiger partial charge in [0.1, 0.15) is 0 Å². The molecule has 6 heteroatoms. The van der Waals surface area contributed by atoms with Gasteiger partial charge < -0.3 is 20.7 Å². The van der Waals surface area contributed by atoms with Crippen molar-refractivity contribution in [1.29, 1.82) is 0 Å². The Bertz CT molecular complexity index is 529. The molecule has 1 saturated heterocycles. The van der Waals surface area contributed by atoms with Gasteiger partial charge in [-0.2, -0.15) is 0 Å². The Morgan fingerprint density at radius 3 is 2.95 bits per heavy atom. The largest absolute Gasteiger partial charge is 0.380 e. The minimum absolute atomic E-state index is 0.136. The molecule has 2 rings (SSSR count). The second-order valence-corrected chi connectivity index (χ2v) is 5.40. The Kier molecular flexibility index (Phi) is 5.91. The molecule has 1 aromatic rings. The van der Waals surface area contributed by atoms with Crippen molar-refractivity contribution in [3.05, 3.63) is 24.3 Å². The molecule has 0 spiro atoms. The van der Waals surface area contributed by atoms with Crippen LogP contribution in [-0.4, -0.2) is 38.1 Å². The highest BCUT2D eigenvalue weighted by Gasteiger charge is 2.20. The lowest BCUT2D eigenvalue weighted by molar-refractivity contribution is -0.119. The van der Waals surface area contributed by atoms with E-state index in [-0.39, 0.29) is 24.3 Å². The summed E-state index contributed by atoms with van der Waals surface area (Å²) < 4.78 is 5.10. The maximum atomic E-state index is 12.0. The van der Waals surface area contributed by atoms with Crippen molar-refractivity contribution in [1.82, 2.24) is 0 Å². The predicted molar refractivity (Wildman–Crippen MR) is 85.7 cm³/mol. The summed E-state index contributed by atoms with van der Waals surface area (Å²) in [7, 11) is 1.54. The maximum absolute atomic E-state index is 12.0. The zero-order valence-electron chi connectivity index (χ0n) is 12.9. The minimum Gasteiger partial charge on any atom is -0.380 e. The molecule has 0 bridgehead atoms. The number of methoxy groups -OCH3 is 1. The zero-order chi connectivity index (χ0) is 15.9. The molecule has 3 N–H and O–H groups in total. The quantitative estimate of drug-likeness (QED) is 0.834. The molecule has 0 saturated carbocycles. The monoisotopic (exact) mass is 305 g/mol. The van der Waals surface area contributed by atoms with Crippen LogP contribution in [0.4, 0.5) is 11.4 Å². The average molecular weight is 305 g/mol. The molecular formula is C16H23N3O3. The van der Waals surface area contributed by atoms with Gasteiger partial charge in [-0.1, -0.05) is 6.07 Å². The second kappa shape index (κ2) is 7.91. The smallest absolute Gasteiger partial charge is 0.227 e. The molecule has 6 nitrogen and oxygen atoms in total. The van der Waals surface area contributed by atoms with E-state index in [1.54, 1.807) is 11.0 Å². The van der Waals surface area contributed by atoms with Gasteiger partial charge in [0.25, 0.3) is 0 Å². The molecule has 22 heavy (non-hydrogen) atoms. The number of nitrogens with two attached hydrogens (primary N) is 1. The number of amides is 2. The van der Waals surface area contributed by atoms with Gasteiger partial charge in [-0.15, -0.1) is 0 Å². The molecule has 1 heterocycles. The Morgan fingerprint density at radius 2 is 2.27 bits per heavy atom. The number of ether oxygens (including phenoxy) is 1. The van der Waals surface area contributed by atoms with E-state index in [0.29, 0.717) is 18.7 Å². The number of anilines is 2. The average Bonchev–Trinajstić information content (AvgIpc) is 2.53. The van der Waals surface area contributed by atoms with E-state index in [4.69, 9.17) is 10.5 Å². The van der Waals surface area contributed by atoms with Crippen molar-refractivity contribution in [3.8, 4) is 0 Å². The molecule has 1 aliphatic heterocycles. The number of carbonyl (C=O) groups is 2. The van der Waals surface area contributed by atoms with Crippen molar-refractivity contribution in [2.24, 2.45) is 5.73 Å². The van der Waals surface area contributed by atoms with Crippen LogP contribution in [0.1, 0.15) is 25.7 Å². The summed E-state index contributed by atoms with van der Waals surface area (Å²) in [4.78, 5) is 25.7. The summed E-state index contributed by atoms with van der Waals surface area (Å²) in [5.74, 6) is -0.0169. The highest BCUT2D eigenvalue weighted by molar-refractivity contribution is 5.96. The lowest BCUT2D eigenvalue weighted by atomic mass is 10.1. The van der Waals surface area contributed by atoms with Crippen LogP contribution < -0.4 is 16.0 Å². The van der Waals surface area contributed by atoms with Crippen molar-refractivity contribution >= 4 is 23.2 Å². The molecule has 0 radical (unpaired) electrons. The van der Waals surface area contributed by atoms with E-state index in [9.17, 15) is 9.59 Å². The van der Waals surface area contributed by atoms with E-state index in [2.05, 4.69) is 5.32 Å². The van der Waals surface area contributed by atoms with Gasteiger partial charge in [0.15, 0.2) is 0 Å². The molecule has 0 aliphatic carbocycles. The van der Waals surface area contributed by atoms with Gasteiger partial charge in [0, 0.05) is 38.0 Å². The molecule has 1 unspecified atom stereocenters. The standard InChI is InChI=1S/C16H23N3O3/c1-22-14(11-17)10-15(20)18-12-5-4-6-13(9-12)19-8-3-2-7-16(19)21/h4-6,9,14H,2-3,7-8,10-11,17H2,1H3,(H,18,20). The fraction of sp³-hybridized carbons (Fsp3) is 0.500. The normalized spacial score (nSPS) is 16.5. The summed E-state index contributed by atoms with van der Waals surface area (Å²) in [5, 5.41) is 2.82. The third-order valence-electron chi connectivity index (χ3n) is 3.77. The van der Waals surface area contributed by atoms with Gasteiger partial charge in [-0.05, 0) is 31.0 Å². The first kappa shape index (κ1) is 16.5. The van der Waals surface area contributed by atoms with E-state index >= 15 is 0 Å². The molecule has 1 aliphatic rings. The highest BCUT2D eigenvalue weighted by atomic mass is 16.5. The fourth-order valence-corrected chi connectivity index (χ4v) is 2.51. The summed E-state index contributed by atoms with van der Waals surface area (Å²) >= 11 is 0. The van der Waals surface area contributed by atoms with Gasteiger partial charge in [0.05, 0.1) is 12.5 Å². The summed E-state index contributed by atoms with van der Waals surface area (Å²) in [5.41, 5.74) is 7.01. The molecule has 120 valence electrons. The van der Waals surface area contributed by atoms with Crippen LogP contribution in [-0.2, 0) is 14.3 Å². The van der Waals surface area contributed by atoms with Crippen LogP contribution in [0.3, 0.4) is 0 Å². The third kappa shape index (κ3) is 4.29. The molecule has 2 amide bonds. The number of rotatable bonds is 6. The zero-order valence-corrected chi connectivity index (χ0v) is 12.9. The number of hydrogen-bond donors (Lipinski definition) is 2. The van der Waals surface area contributed by atoms with Crippen LogP contribution >= 0.6 is 0 Å². The molecule has 1 atom stereocenters. The first-order valence-electron chi connectivity index (χ1n) is 7.57. The van der Waals surface area contributed by atoms with Crippen molar-refractivity contribution in [3.63, 3.8) is 0 Å². The number of carbonyl (C=O) groups excluding carboxylic acids is 2. The van der Waals surface area contributed by atoms with Crippen LogP contribution in [0.5, 0.6) is 0 Å². The van der Waals surface area contributed by atoms with Gasteiger partial charge >= 0.3 is 0 Å². The molecule has 0 aromatic heterocycles. The molecule has 1 fully saturated rings. The van der Waals surface area contributed by atoms with Gasteiger partial charge in [-0.25, -0.2) is 0 Å². The van der Waals surface area contributed by atoms with Crippen molar-refractivity contribution in [2.75, 3.05) is 30.4 Å². The molecule has 1 aromatic carbocycles. The highest BCUT2D eigenvalue weighted by Crippen LogP contribution is 2.24. The molecular weight excluding hydrogens is 282 g/mol. The van der Waals surface area contributed by atoms with E-state index in [1.165, 1.54) is 7.11 Å². The number of benzene rings is 1. The number of piperidine rings is 1. The van der Waals surface area contributed by atoms with E-state index in [0.717, 1.165) is 25.1 Å². The summed E-state index contributed by atoms with van der Waals surface area (Å²) in [6.07, 6.45) is 2.46. The number of nitrogens with zero attached hydrogens (tertiary/aromatic N) is 1. The number of hydrogen-bond acceptors (Lipinski definition) is 4. The predicted octanol–water partition coefficient (Wildman–Crippen LogP) is 1.51. The maximum Gasteiger partial charge on any atom is 0.227 e. The first-order valence-corrected chi connectivity index (χ1v) is 7.57. The van der Waals surface area contributed by atoms with Crippen LogP contribution in [0, 0.1) is 0 Å². The minimum atomic E-state index is -0.285. The summed E-state index contributed by atoms with van der Waals surface area (Å²) in [6.45, 7) is 1.03. The topological polar surface area (TPSA) is 84.7 Å². The van der Waals surface area contributed by atoms with Crippen molar-refractivity contribution in [2.45, 2.75) is 31.8 Å². The number of nitrogens with one attached hydrogen (secondary N) is 1. The van der Waals surface area contributed by atoms with Gasteiger partial charge in [-0.3, -0.25) is 9.59 Å². The van der Waals surface area contributed by atoms with Crippen molar-refractivity contribution < 1.29 is 14.3 Å². The van der Waals surface area contributed by atoms with E-state index < -0.39 is 0 Å². The summed E-state index contributed by atoms with van der Waals surface area (Å²) in [6, 6.07) is 7.35. The SMILES string of the molecule is COC(CN)CC(=O)Nc1cccc(N2CCCCC2=O)c1.